The van der Waals surface area contributed by atoms with E-state index in [1.807, 2.05) is 0 Å². The van der Waals surface area contributed by atoms with Gasteiger partial charge in [0.1, 0.15) is 17.0 Å². The zero-order valence-corrected chi connectivity index (χ0v) is 10.2. The Labute approximate surface area is 103 Å². The van der Waals surface area contributed by atoms with Crippen molar-refractivity contribution in [2.75, 3.05) is 7.11 Å². The fourth-order valence-electron chi connectivity index (χ4n) is 1.57. The summed E-state index contributed by atoms with van der Waals surface area (Å²) in [5, 5.41) is 13.2. The van der Waals surface area contributed by atoms with E-state index < -0.39 is 5.97 Å². The Kier molecular flexibility index (Phi) is 3.01. The molecule has 6 heteroatoms. The number of nitrogens with zero attached hydrogens (tertiary/aromatic N) is 2. The van der Waals surface area contributed by atoms with Gasteiger partial charge >= 0.3 is 5.97 Å². The fraction of sp³-hybridized carbons (Fsp3) is 0.250. The number of esters is 1. The Morgan fingerprint density at radius 2 is 2.06 bits per heavy atom. The van der Waals surface area contributed by atoms with Crippen LogP contribution in [0.3, 0.4) is 0 Å². The molecule has 2 rings (SSSR count). The summed E-state index contributed by atoms with van der Waals surface area (Å²) < 4.78 is 9.78. The molecule has 0 radical (unpaired) electrons. The molecule has 0 amide bonds. The van der Waals surface area contributed by atoms with E-state index in [2.05, 4.69) is 14.9 Å². The van der Waals surface area contributed by atoms with E-state index >= 15 is 0 Å². The van der Waals surface area contributed by atoms with Crippen LogP contribution in [0.4, 0.5) is 0 Å². The number of ether oxygens (including phenoxy) is 1. The number of aryl methyl sites for hydroxylation is 2. The third kappa shape index (κ3) is 1.92. The van der Waals surface area contributed by atoms with Crippen LogP contribution in [0.25, 0.3) is 11.5 Å². The van der Waals surface area contributed by atoms with Crippen molar-refractivity contribution in [2.45, 2.75) is 13.8 Å². The molecule has 18 heavy (non-hydrogen) atoms. The van der Waals surface area contributed by atoms with Gasteiger partial charge in [-0.15, -0.1) is 0 Å². The van der Waals surface area contributed by atoms with Crippen LogP contribution in [0.5, 0.6) is 5.75 Å². The van der Waals surface area contributed by atoms with Crippen LogP contribution in [-0.2, 0) is 4.74 Å². The summed E-state index contributed by atoms with van der Waals surface area (Å²) in [5.74, 6) is -0.215. The van der Waals surface area contributed by atoms with Crippen LogP contribution < -0.4 is 0 Å². The lowest BCUT2D eigenvalue weighted by Crippen LogP contribution is -2.04. The van der Waals surface area contributed by atoms with E-state index in [0.29, 0.717) is 17.1 Å². The van der Waals surface area contributed by atoms with Crippen LogP contribution in [0, 0.1) is 13.8 Å². The van der Waals surface area contributed by atoms with E-state index in [4.69, 9.17) is 4.52 Å². The minimum Gasteiger partial charge on any atom is -0.506 e. The Morgan fingerprint density at radius 1 is 1.33 bits per heavy atom. The van der Waals surface area contributed by atoms with Gasteiger partial charge in [-0.3, -0.25) is 0 Å². The molecule has 2 heterocycles. The largest absolute Gasteiger partial charge is 0.506 e. The predicted molar refractivity (Wildman–Crippen MR) is 62.2 cm³/mol. The first-order valence-corrected chi connectivity index (χ1v) is 5.26. The molecule has 0 saturated heterocycles. The van der Waals surface area contributed by atoms with E-state index in [0.717, 1.165) is 0 Å². The van der Waals surface area contributed by atoms with Gasteiger partial charge in [-0.1, -0.05) is 5.16 Å². The molecule has 0 unspecified atom stereocenters. The molecule has 0 atom stereocenters. The number of rotatable bonds is 2. The van der Waals surface area contributed by atoms with Gasteiger partial charge in [0.2, 0.25) is 0 Å². The number of aromatic nitrogens is 2. The molecule has 0 aliphatic heterocycles. The van der Waals surface area contributed by atoms with Gasteiger partial charge in [0, 0.05) is 0 Å². The number of hydrogen-bond donors (Lipinski definition) is 1. The quantitative estimate of drug-likeness (QED) is 0.816. The summed E-state index contributed by atoms with van der Waals surface area (Å²) >= 11 is 0. The lowest BCUT2D eigenvalue weighted by atomic mass is 10.1. The van der Waals surface area contributed by atoms with Crippen LogP contribution in [0.2, 0.25) is 0 Å². The van der Waals surface area contributed by atoms with E-state index in [9.17, 15) is 9.90 Å². The Hall–Kier alpha value is -2.37. The maximum absolute atomic E-state index is 11.6. The molecule has 0 bridgehead atoms. The van der Waals surface area contributed by atoms with Crippen molar-refractivity contribution < 1.29 is 19.2 Å². The zero-order chi connectivity index (χ0) is 13.3. The van der Waals surface area contributed by atoms with Gasteiger partial charge in [0.05, 0.1) is 18.5 Å². The first-order chi connectivity index (χ1) is 8.54. The predicted octanol–water partition coefficient (Wildman–Crippen LogP) is 1.85. The molecule has 2 aromatic heterocycles. The van der Waals surface area contributed by atoms with E-state index in [-0.39, 0.29) is 17.1 Å². The topological polar surface area (TPSA) is 85.5 Å². The maximum Gasteiger partial charge on any atom is 0.343 e. The second kappa shape index (κ2) is 4.48. The van der Waals surface area contributed by atoms with Crippen molar-refractivity contribution >= 4 is 5.97 Å². The number of aromatic hydroxyl groups is 1. The minimum atomic E-state index is -0.531. The molecular weight excluding hydrogens is 236 g/mol. The minimum absolute atomic E-state index is 0.0783. The summed E-state index contributed by atoms with van der Waals surface area (Å²) in [6.07, 6.45) is 0. The van der Waals surface area contributed by atoms with Crippen molar-refractivity contribution in [3.8, 4) is 17.2 Å². The van der Waals surface area contributed by atoms with E-state index in [1.54, 1.807) is 19.9 Å². The van der Waals surface area contributed by atoms with Gasteiger partial charge < -0.3 is 14.4 Å². The van der Waals surface area contributed by atoms with Crippen molar-refractivity contribution in [1.29, 1.82) is 0 Å². The molecule has 0 aromatic carbocycles. The normalized spacial score (nSPS) is 10.4. The van der Waals surface area contributed by atoms with Crippen molar-refractivity contribution in [3.05, 3.63) is 29.1 Å². The van der Waals surface area contributed by atoms with Crippen LogP contribution in [0.15, 0.2) is 16.7 Å². The Bertz CT molecular complexity index is 604. The Morgan fingerprint density at radius 3 is 2.67 bits per heavy atom. The van der Waals surface area contributed by atoms with Crippen molar-refractivity contribution in [1.82, 2.24) is 10.1 Å². The highest BCUT2D eigenvalue weighted by Crippen LogP contribution is 2.27. The number of methoxy groups -OCH3 is 1. The zero-order valence-electron chi connectivity index (χ0n) is 10.2. The van der Waals surface area contributed by atoms with Crippen molar-refractivity contribution in [3.63, 3.8) is 0 Å². The Balaban J connectivity index is 2.57. The third-order valence-electron chi connectivity index (χ3n) is 2.54. The fourth-order valence-corrected chi connectivity index (χ4v) is 1.57. The van der Waals surface area contributed by atoms with Crippen LogP contribution >= 0.6 is 0 Å². The maximum atomic E-state index is 11.6. The van der Waals surface area contributed by atoms with Crippen LogP contribution in [-0.4, -0.2) is 28.3 Å². The number of pyridine rings is 1. The monoisotopic (exact) mass is 248 g/mol. The molecular formula is C12H12N2O4. The first kappa shape index (κ1) is 12.1. The molecule has 0 saturated carbocycles. The molecule has 2 aromatic rings. The second-order valence-corrected chi connectivity index (χ2v) is 3.76. The molecule has 94 valence electrons. The number of hydrogen-bond acceptors (Lipinski definition) is 6. The average Bonchev–Trinajstić information content (AvgIpc) is 2.74. The number of carbonyl (C=O) groups excluding carboxylic acids is 1. The highest BCUT2D eigenvalue weighted by atomic mass is 16.5. The molecule has 0 fully saturated rings. The molecule has 0 spiro atoms. The molecule has 0 aliphatic carbocycles. The van der Waals surface area contributed by atoms with E-state index in [1.165, 1.54) is 13.2 Å². The summed E-state index contributed by atoms with van der Waals surface area (Å²) in [5.41, 5.74) is 1.54. The van der Waals surface area contributed by atoms with Gasteiger partial charge in [-0.05, 0) is 26.0 Å². The number of carbonyl (C=O) groups is 1. The van der Waals surface area contributed by atoms with Gasteiger partial charge in [0.15, 0.2) is 5.76 Å². The SMILES string of the molecule is COC(=O)c1c(C)noc1-c1ccc(O)c(C)n1. The first-order valence-electron chi connectivity index (χ1n) is 5.26. The van der Waals surface area contributed by atoms with Crippen LogP contribution in [0.1, 0.15) is 21.7 Å². The van der Waals surface area contributed by atoms with Crippen molar-refractivity contribution in [2.24, 2.45) is 0 Å². The van der Waals surface area contributed by atoms with Gasteiger partial charge in [-0.2, -0.15) is 0 Å². The second-order valence-electron chi connectivity index (χ2n) is 3.76. The highest BCUT2D eigenvalue weighted by molar-refractivity contribution is 5.96. The van der Waals surface area contributed by atoms with Gasteiger partial charge in [-0.25, -0.2) is 9.78 Å². The third-order valence-corrected chi connectivity index (χ3v) is 2.54. The lowest BCUT2D eigenvalue weighted by Gasteiger charge is -2.02. The molecule has 0 aliphatic rings. The summed E-state index contributed by atoms with van der Waals surface area (Å²) in [7, 11) is 1.29. The van der Waals surface area contributed by atoms with Gasteiger partial charge in [0.25, 0.3) is 0 Å². The standard InChI is InChI=1S/C12H12N2O4/c1-6-9(15)5-4-8(13-6)11-10(12(16)17-3)7(2)14-18-11/h4-5,15H,1-3H3. The average molecular weight is 248 g/mol. The summed E-state index contributed by atoms with van der Waals surface area (Å²) in [4.78, 5) is 15.8. The molecule has 6 nitrogen and oxygen atoms in total. The lowest BCUT2D eigenvalue weighted by molar-refractivity contribution is 0.0600. The summed E-state index contributed by atoms with van der Waals surface area (Å²) in [6.45, 7) is 3.30. The smallest absolute Gasteiger partial charge is 0.343 e. The highest BCUT2D eigenvalue weighted by Gasteiger charge is 2.23. The molecule has 1 N–H and O–H groups in total. The summed E-state index contributed by atoms with van der Waals surface area (Å²) in [6, 6.07) is 3.03.